The van der Waals surface area contributed by atoms with Gasteiger partial charge in [-0.2, -0.15) is 0 Å². The maximum Gasteiger partial charge on any atom is 0.240 e. The number of carbonyl (C=O) groups is 2. The zero-order valence-electron chi connectivity index (χ0n) is 12.3. The Balaban J connectivity index is 1.61. The van der Waals surface area contributed by atoms with Crippen LogP contribution in [0.4, 0.5) is 0 Å². The van der Waals surface area contributed by atoms with Gasteiger partial charge in [0.2, 0.25) is 5.91 Å². The Morgan fingerprint density at radius 1 is 1.24 bits per heavy atom. The molecule has 0 aromatic carbocycles. The summed E-state index contributed by atoms with van der Waals surface area (Å²) in [6.45, 7) is 1.73. The van der Waals surface area contributed by atoms with Crippen LogP contribution >= 0.6 is 0 Å². The maximum atomic E-state index is 12.1. The molecule has 0 atom stereocenters. The molecule has 0 bridgehead atoms. The number of aromatic nitrogens is 1. The molecule has 0 radical (unpaired) electrons. The molecule has 1 amide bonds. The van der Waals surface area contributed by atoms with Crippen LogP contribution in [0.5, 0.6) is 0 Å². The quantitative estimate of drug-likeness (QED) is 0.862. The average Bonchev–Trinajstić information content (AvgIpc) is 2.79. The predicted octanol–water partition coefficient (Wildman–Crippen LogP) is 1.69. The maximum absolute atomic E-state index is 12.1. The van der Waals surface area contributed by atoms with Crippen molar-refractivity contribution in [3.05, 3.63) is 23.5 Å². The lowest BCUT2D eigenvalue weighted by Gasteiger charge is -2.23. The zero-order chi connectivity index (χ0) is 14.7. The summed E-state index contributed by atoms with van der Waals surface area (Å²) >= 11 is 0. The highest BCUT2D eigenvalue weighted by Crippen LogP contribution is 2.21. The molecule has 5 nitrogen and oxygen atoms in total. The van der Waals surface area contributed by atoms with Gasteiger partial charge in [0.05, 0.1) is 0 Å². The van der Waals surface area contributed by atoms with Crippen molar-refractivity contribution in [2.75, 3.05) is 13.2 Å². The van der Waals surface area contributed by atoms with E-state index in [9.17, 15) is 9.59 Å². The minimum absolute atomic E-state index is 0.0134. The first-order chi connectivity index (χ1) is 10.2. The van der Waals surface area contributed by atoms with E-state index in [0.29, 0.717) is 6.42 Å². The molecule has 1 N–H and O–H groups in total. The van der Waals surface area contributed by atoms with E-state index < -0.39 is 0 Å². The number of ether oxygens (including phenoxy) is 1. The van der Waals surface area contributed by atoms with Crippen molar-refractivity contribution >= 4 is 11.7 Å². The van der Waals surface area contributed by atoms with Gasteiger partial charge in [-0.05, 0) is 37.7 Å². The Morgan fingerprint density at radius 2 is 2.00 bits per heavy atom. The molecule has 1 aromatic heterocycles. The van der Waals surface area contributed by atoms with E-state index in [1.807, 2.05) is 17.0 Å². The molecule has 2 heterocycles. The Morgan fingerprint density at radius 3 is 2.81 bits per heavy atom. The molecule has 21 heavy (non-hydrogen) atoms. The summed E-state index contributed by atoms with van der Waals surface area (Å²) in [5.41, 5.74) is 1.91. The zero-order valence-corrected chi connectivity index (χ0v) is 12.3. The van der Waals surface area contributed by atoms with Gasteiger partial charge in [0.15, 0.2) is 5.78 Å². The van der Waals surface area contributed by atoms with Crippen molar-refractivity contribution in [2.24, 2.45) is 0 Å². The van der Waals surface area contributed by atoms with E-state index >= 15 is 0 Å². The van der Waals surface area contributed by atoms with Crippen molar-refractivity contribution in [3.8, 4) is 0 Å². The van der Waals surface area contributed by atoms with Gasteiger partial charge in [-0.3, -0.25) is 9.59 Å². The molecule has 0 spiro atoms. The van der Waals surface area contributed by atoms with E-state index in [0.717, 1.165) is 56.4 Å². The lowest BCUT2D eigenvalue weighted by Crippen LogP contribution is -2.40. The van der Waals surface area contributed by atoms with Crippen LogP contribution in [0.3, 0.4) is 0 Å². The Hall–Kier alpha value is -1.62. The number of carbonyl (C=O) groups excluding carboxylic acids is 2. The first kappa shape index (κ1) is 14.3. The fourth-order valence-electron chi connectivity index (χ4n) is 3.11. The fraction of sp³-hybridized carbons (Fsp3) is 0.625. The molecule has 2 aliphatic rings. The highest BCUT2D eigenvalue weighted by Gasteiger charge is 2.19. The second-order valence-corrected chi connectivity index (χ2v) is 5.95. The highest BCUT2D eigenvalue weighted by atomic mass is 16.5. The standard InChI is InChI=1S/C16H22N2O3/c19-15-4-2-1-3-12-9-18(10-14(12)15)11-16(20)17-13-5-7-21-8-6-13/h9-10,13H,1-8,11H2,(H,17,20). The number of ketones is 1. The number of fused-ring (bicyclic) bond motifs is 1. The minimum atomic E-state index is 0.0134. The molecule has 3 rings (SSSR count). The summed E-state index contributed by atoms with van der Waals surface area (Å²) in [6.07, 6.45) is 9.16. The first-order valence-corrected chi connectivity index (χ1v) is 7.81. The van der Waals surface area contributed by atoms with Crippen LogP contribution in [0.1, 0.15) is 48.0 Å². The smallest absolute Gasteiger partial charge is 0.240 e. The normalized spacial score (nSPS) is 19.9. The average molecular weight is 290 g/mol. The summed E-state index contributed by atoms with van der Waals surface area (Å²) in [4.78, 5) is 24.1. The molecule has 1 aliphatic heterocycles. The van der Waals surface area contributed by atoms with Crippen molar-refractivity contribution in [2.45, 2.75) is 51.1 Å². The number of nitrogens with zero attached hydrogens (tertiary/aromatic N) is 1. The number of hydrogen-bond acceptors (Lipinski definition) is 3. The Kier molecular flexibility index (Phi) is 4.39. The topological polar surface area (TPSA) is 60.3 Å². The molecule has 0 unspecified atom stereocenters. The van der Waals surface area contributed by atoms with Gasteiger partial charge >= 0.3 is 0 Å². The number of hydrogen-bond donors (Lipinski definition) is 1. The number of nitrogens with one attached hydrogen (secondary N) is 1. The molecular weight excluding hydrogens is 268 g/mol. The van der Waals surface area contributed by atoms with Crippen molar-refractivity contribution in [3.63, 3.8) is 0 Å². The van der Waals surface area contributed by atoms with Gasteiger partial charge in [-0.1, -0.05) is 0 Å². The molecule has 0 saturated carbocycles. The minimum Gasteiger partial charge on any atom is -0.381 e. The van der Waals surface area contributed by atoms with Gasteiger partial charge in [-0.25, -0.2) is 0 Å². The summed E-state index contributed by atoms with van der Waals surface area (Å²) in [5, 5.41) is 3.05. The first-order valence-electron chi connectivity index (χ1n) is 7.81. The van der Waals surface area contributed by atoms with Gasteiger partial charge in [0.1, 0.15) is 6.54 Å². The molecule has 1 fully saturated rings. The third-order valence-corrected chi connectivity index (χ3v) is 4.28. The SMILES string of the molecule is O=C(Cn1cc2c(c1)C(=O)CCCC2)NC1CCOCC1. The van der Waals surface area contributed by atoms with E-state index in [4.69, 9.17) is 4.74 Å². The van der Waals surface area contributed by atoms with Gasteiger partial charge in [0.25, 0.3) is 0 Å². The lowest BCUT2D eigenvalue weighted by molar-refractivity contribution is -0.122. The van der Waals surface area contributed by atoms with Crippen LogP contribution < -0.4 is 5.32 Å². The highest BCUT2D eigenvalue weighted by molar-refractivity contribution is 5.97. The van der Waals surface area contributed by atoms with Crippen molar-refractivity contribution < 1.29 is 14.3 Å². The summed E-state index contributed by atoms with van der Waals surface area (Å²) in [7, 11) is 0. The van der Waals surface area contributed by atoms with E-state index in [1.54, 1.807) is 0 Å². The van der Waals surface area contributed by atoms with Crippen LogP contribution in [0.15, 0.2) is 12.4 Å². The number of Topliss-reactive ketones (excluding diaryl/α,β-unsaturated/α-hetero) is 1. The summed E-state index contributed by atoms with van der Waals surface area (Å²) in [5.74, 6) is 0.227. The molecule has 1 aromatic rings. The van der Waals surface area contributed by atoms with Gasteiger partial charge in [0, 0.05) is 43.6 Å². The molecular formula is C16H22N2O3. The van der Waals surface area contributed by atoms with Crippen LogP contribution in [0.2, 0.25) is 0 Å². The number of amides is 1. The third-order valence-electron chi connectivity index (χ3n) is 4.28. The van der Waals surface area contributed by atoms with Crippen molar-refractivity contribution in [1.82, 2.24) is 9.88 Å². The summed E-state index contributed by atoms with van der Waals surface area (Å²) in [6, 6.07) is 0.223. The van der Waals surface area contributed by atoms with Gasteiger partial charge in [-0.15, -0.1) is 0 Å². The van der Waals surface area contributed by atoms with Crippen LogP contribution in [-0.4, -0.2) is 35.5 Å². The number of aryl methyl sites for hydroxylation is 1. The van der Waals surface area contributed by atoms with E-state index in [1.165, 1.54) is 0 Å². The second-order valence-electron chi connectivity index (χ2n) is 5.95. The van der Waals surface area contributed by atoms with Crippen LogP contribution in [0, 0.1) is 0 Å². The molecule has 114 valence electrons. The molecule has 5 heteroatoms. The second kappa shape index (κ2) is 6.43. The predicted molar refractivity (Wildman–Crippen MR) is 78.3 cm³/mol. The third kappa shape index (κ3) is 3.53. The van der Waals surface area contributed by atoms with Crippen LogP contribution in [0.25, 0.3) is 0 Å². The largest absolute Gasteiger partial charge is 0.381 e. The van der Waals surface area contributed by atoms with Crippen molar-refractivity contribution in [1.29, 1.82) is 0 Å². The number of rotatable bonds is 3. The van der Waals surface area contributed by atoms with Crippen LogP contribution in [-0.2, 0) is 22.5 Å². The monoisotopic (exact) mass is 290 g/mol. The van der Waals surface area contributed by atoms with E-state index in [2.05, 4.69) is 5.32 Å². The lowest BCUT2D eigenvalue weighted by atomic mass is 10.1. The molecule has 1 saturated heterocycles. The van der Waals surface area contributed by atoms with Gasteiger partial charge < -0.3 is 14.6 Å². The Labute approximate surface area is 124 Å². The Bertz CT molecular complexity index is 530. The summed E-state index contributed by atoms with van der Waals surface area (Å²) < 4.78 is 7.13. The van der Waals surface area contributed by atoms with E-state index in [-0.39, 0.29) is 24.3 Å². The molecule has 1 aliphatic carbocycles. The fourth-order valence-corrected chi connectivity index (χ4v) is 3.11.